The molecule has 9 heteroatoms. The van der Waals surface area contributed by atoms with Crippen LogP contribution in [0.4, 0.5) is 19.0 Å². The van der Waals surface area contributed by atoms with Crippen LogP contribution < -0.4 is 5.32 Å². The van der Waals surface area contributed by atoms with Crippen LogP contribution in [0.5, 0.6) is 0 Å². The molecule has 1 N–H and O–H groups in total. The largest absolute Gasteiger partial charge is 0.453 e. The van der Waals surface area contributed by atoms with E-state index < -0.39 is 12.0 Å². The molecule has 20 heavy (non-hydrogen) atoms. The van der Waals surface area contributed by atoms with Gasteiger partial charge in [-0.05, 0) is 32.2 Å². The lowest BCUT2D eigenvalue weighted by Crippen LogP contribution is -2.26. The van der Waals surface area contributed by atoms with Crippen LogP contribution in [-0.2, 0) is 6.18 Å². The third kappa shape index (κ3) is 3.14. The average molecular weight is 305 g/mol. The molecule has 2 aromatic heterocycles. The number of fused-ring (bicyclic) bond motifs is 1. The Morgan fingerprint density at radius 1 is 1.25 bits per heavy atom. The Labute approximate surface area is 118 Å². The topological polar surface area (TPSA) is 55.1 Å². The van der Waals surface area contributed by atoms with Gasteiger partial charge in [-0.2, -0.15) is 29.4 Å². The normalized spacial score (nSPS) is 12.9. The van der Waals surface area contributed by atoms with Gasteiger partial charge >= 0.3 is 6.18 Å². The van der Waals surface area contributed by atoms with Crippen molar-refractivity contribution >= 4 is 23.2 Å². The molecule has 2 aromatic rings. The predicted molar refractivity (Wildman–Crippen MR) is 71.9 cm³/mol. The number of nitrogens with one attached hydrogen (secondary N) is 1. The van der Waals surface area contributed by atoms with E-state index >= 15 is 0 Å². The molecule has 0 saturated heterocycles. The van der Waals surface area contributed by atoms with E-state index in [-0.39, 0.29) is 10.4 Å². The van der Waals surface area contributed by atoms with Gasteiger partial charge in [0.1, 0.15) is 5.82 Å². The van der Waals surface area contributed by atoms with Gasteiger partial charge in [-0.3, -0.25) is 0 Å². The highest BCUT2D eigenvalue weighted by atomic mass is 32.2. The van der Waals surface area contributed by atoms with Crippen molar-refractivity contribution in [1.82, 2.24) is 19.8 Å². The van der Waals surface area contributed by atoms with Crippen molar-refractivity contribution in [2.75, 3.05) is 18.1 Å². The molecule has 5 nitrogen and oxygen atoms in total. The molecular weight excluding hydrogens is 291 g/mol. The summed E-state index contributed by atoms with van der Waals surface area (Å²) in [6, 6.07) is 3.03. The minimum Gasteiger partial charge on any atom is -0.367 e. The van der Waals surface area contributed by atoms with Crippen molar-refractivity contribution in [2.45, 2.75) is 24.8 Å². The number of anilines is 1. The third-order valence-corrected chi connectivity index (χ3v) is 4.01. The van der Waals surface area contributed by atoms with Crippen molar-refractivity contribution in [1.29, 1.82) is 0 Å². The van der Waals surface area contributed by atoms with E-state index in [1.165, 1.54) is 6.07 Å². The lowest BCUT2D eigenvalue weighted by atomic mass is 10.2. The van der Waals surface area contributed by atoms with Gasteiger partial charge in [-0.1, -0.05) is 0 Å². The molecule has 0 aromatic carbocycles. The molecule has 0 amide bonds. The summed E-state index contributed by atoms with van der Waals surface area (Å²) in [5, 5.41) is 13.5. The standard InChI is InChI=1S/C11H14F3N5S/c1-10(2,20-3)6-15-7-4-5-8-16-17-9(11(12,13)14)19(8)18-7/h4-5H,6H2,1-3H3,(H,15,18). The number of thioether (sulfide) groups is 1. The second-order valence-electron chi connectivity index (χ2n) is 4.83. The van der Waals surface area contributed by atoms with Crippen molar-refractivity contribution in [3.63, 3.8) is 0 Å². The SMILES string of the molecule is CSC(C)(C)CNc1ccc2nnc(C(F)(F)F)n2n1. The highest BCUT2D eigenvalue weighted by Gasteiger charge is 2.37. The van der Waals surface area contributed by atoms with E-state index in [1.807, 2.05) is 20.1 Å². The lowest BCUT2D eigenvalue weighted by Gasteiger charge is -2.22. The maximum Gasteiger partial charge on any atom is 0.453 e. The van der Waals surface area contributed by atoms with Crippen molar-refractivity contribution < 1.29 is 13.2 Å². The molecule has 0 atom stereocenters. The van der Waals surface area contributed by atoms with Gasteiger partial charge < -0.3 is 5.32 Å². The Bertz CT molecular complexity index is 608. The molecule has 110 valence electrons. The number of alkyl halides is 3. The first-order chi connectivity index (χ1) is 9.23. The van der Waals surface area contributed by atoms with Crippen LogP contribution in [0.3, 0.4) is 0 Å². The first-order valence-corrected chi connectivity index (χ1v) is 7.04. The van der Waals surface area contributed by atoms with E-state index in [9.17, 15) is 13.2 Å². The number of rotatable bonds is 4. The summed E-state index contributed by atoms with van der Waals surface area (Å²) in [6.07, 6.45) is -2.61. The first-order valence-electron chi connectivity index (χ1n) is 5.82. The molecule has 0 fully saturated rings. The monoisotopic (exact) mass is 305 g/mol. The number of nitrogens with zero attached hydrogens (tertiary/aromatic N) is 4. The number of aromatic nitrogens is 4. The fraction of sp³-hybridized carbons (Fsp3) is 0.545. The average Bonchev–Trinajstić information content (AvgIpc) is 2.79. The van der Waals surface area contributed by atoms with E-state index in [1.54, 1.807) is 17.8 Å². The van der Waals surface area contributed by atoms with Crippen LogP contribution in [0.1, 0.15) is 19.7 Å². The second kappa shape index (κ2) is 5.12. The molecule has 0 bridgehead atoms. The summed E-state index contributed by atoms with van der Waals surface area (Å²) < 4.78 is 38.8. The maximum absolute atomic E-state index is 12.7. The van der Waals surface area contributed by atoms with Crippen LogP contribution in [0, 0.1) is 0 Å². The van der Waals surface area contributed by atoms with E-state index in [0.29, 0.717) is 16.9 Å². The smallest absolute Gasteiger partial charge is 0.367 e. The van der Waals surface area contributed by atoms with Crippen molar-refractivity contribution in [2.24, 2.45) is 0 Å². The number of hydrogen-bond acceptors (Lipinski definition) is 5. The molecule has 0 aliphatic carbocycles. The molecular formula is C11H14F3N5S. The van der Waals surface area contributed by atoms with Crippen molar-refractivity contribution in [3.05, 3.63) is 18.0 Å². The third-order valence-electron chi connectivity index (χ3n) is 2.76. The molecule has 0 spiro atoms. The van der Waals surface area contributed by atoms with Gasteiger partial charge in [0.05, 0.1) is 0 Å². The predicted octanol–water partition coefficient (Wildman–Crippen LogP) is 2.70. The quantitative estimate of drug-likeness (QED) is 0.941. The van der Waals surface area contributed by atoms with Gasteiger partial charge in [-0.25, -0.2) is 0 Å². The first kappa shape index (κ1) is 14.9. The summed E-state index contributed by atoms with van der Waals surface area (Å²) in [7, 11) is 0. The van der Waals surface area contributed by atoms with Gasteiger partial charge in [-0.15, -0.1) is 15.3 Å². The summed E-state index contributed by atoms with van der Waals surface area (Å²) in [5.41, 5.74) is 0.0620. The molecule has 0 radical (unpaired) electrons. The van der Waals surface area contributed by atoms with Gasteiger partial charge in [0.25, 0.3) is 5.82 Å². The van der Waals surface area contributed by atoms with Gasteiger partial charge in [0.15, 0.2) is 5.65 Å². The minimum absolute atomic E-state index is 0.0450. The van der Waals surface area contributed by atoms with Crippen LogP contribution in [-0.4, -0.2) is 37.4 Å². The summed E-state index contributed by atoms with van der Waals surface area (Å²) in [5.74, 6) is -0.773. The fourth-order valence-electron chi connectivity index (χ4n) is 1.44. The Kier molecular flexibility index (Phi) is 3.81. The highest BCUT2D eigenvalue weighted by Crippen LogP contribution is 2.27. The van der Waals surface area contributed by atoms with E-state index in [2.05, 4.69) is 20.6 Å². The molecule has 0 unspecified atom stereocenters. The zero-order chi connectivity index (χ0) is 15.0. The second-order valence-corrected chi connectivity index (χ2v) is 6.34. The van der Waals surface area contributed by atoms with Crippen LogP contribution in [0.2, 0.25) is 0 Å². The summed E-state index contributed by atoms with van der Waals surface area (Å²) >= 11 is 1.66. The minimum atomic E-state index is -4.58. The maximum atomic E-state index is 12.7. The van der Waals surface area contributed by atoms with Crippen LogP contribution in [0.15, 0.2) is 12.1 Å². The molecule has 2 heterocycles. The Morgan fingerprint density at radius 2 is 1.95 bits per heavy atom. The Hall–Kier alpha value is -1.51. The van der Waals surface area contributed by atoms with E-state index in [4.69, 9.17) is 0 Å². The molecule has 0 saturated carbocycles. The van der Waals surface area contributed by atoms with Crippen LogP contribution in [0.25, 0.3) is 5.65 Å². The Morgan fingerprint density at radius 3 is 2.55 bits per heavy atom. The molecule has 0 aliphatic rings. The fourth-order valence-corrected chi connectivity index (χ4v) is 1.65. The highest BCUT2D eigenvalue weighted by molar-refractivity contribution is 7.99. The number of halogens is 3. The molecule has 0 aliphatic heterocycles. The van der Waals surface area contributed by atoms with Crippen LogP contribution >= 0.6 is 11.8 Å². The summed E-state index contributed by atoms with van der Waals surface area (Å²) in [4.78, 5) is 0. The van der Waals surface area contributed by atoms with Gasteiger partial charge in [0, 0.05) is 11.3 Å². The zero-order valence-electron chi connectivity index (χ0n) is 11.2. The lowest BCUT2D eigenvalue weighted by molar-refractivity contribution is -0.146. The summed E-state index contributed by atoms with van der Waals surface area (Å²) in [6.45, 7) is 4.64. The Balaban J connectivity index is 2.29. The molecule has 2 rings (SSSR count). The van der Waals surface area contributed by atoms with E-state index in [0.717, 1.165) is 0 Å². The zero-order valence-corrected chi connectivity index (χ0v) is 12.0. The number of hydrogen-bond donors (Lipinski definition) is 1. The van der Waals surface area contributed by atoms with Gasteiger partial charge in [0.2, 0.25) is 0 Å². The van der Waals surface area contributed by atoms with Crippen molar-refractivity contribution in [3.8, 4) is 0 Å².